The van der Waals surface area contributed by atoms with Crippen LogP contribution in [-0.2, 0) is 4.79 Å². The van der Waals surface area contributed by atoms with Crippen molar-refractivity contribution < 1.29 is 4.79 Å². The lowest BCUT2D eigenvalue weighted by Gasteiger charge is -2.40. The van der Waals surface area contributed by atoms with Crippen molar-refractivity contribution in [3.63, 3.8) is 0 Å². The lowest BCUT2D eigenvalue weighted by molar-refractivity contribution is -0.132. The van der Waals surface area contributed by atoms with Gasteiger partial charge in [-0.05, 0) is 17.5 Å². The number of para-hydroxylation sites is 1. The largest absolute Gasteiger partial charge is 0.379 e. The molecule has 1 heterocycles. The number of nitrogens with one attached hydrogen (secondary N) is 1. The van der Waals surface area contributed by atoms with E-state index in [-0.39, 0.29) is 5.91 Å². The third kappa shape index (κ3) is 2.60. The van der Waals surface area contributed by atoms with Crippen molar-refractivity contribution in [2.45, 2.75) is 32.7 Å². The van der Waals surface area contributed by atoms with Crippen LogP contribution >= 0.6 is 0 Å². The van der Waals surface area contributed by atoms with Gasteiger partial charge in [-0.2, -0.15) is 0 Å². The van der Waals surface area contributed by atoms with E-state index in [0.29, 0.717) is 12.0 Å². The monoisotopic (exact) mass is 232 g/mol. The molecule has 0 aliphatic carbocycles. The molecule has 1 N–H and O–H groups in total. The average Bonchev–Trinajstić information content (AvgIpc) is 2.22. The summed E-state index contributed by atoms with van der Waals surface area (Å²) in [6, 6.07) is 8.80. The molecule has 0 bridgehead atoms. The molecule has 3 nitrogen and oxygen atoms in total. The summed E-state index contributed by atoms with van der Waals surface area (Å²) in [4.78, 5) is 13.0. The standard InChI is InChI=1S/C14H20N2O/c1-10(2)13-6-4-5-7-14(13)15-12-8-16(9-12)11(3)17/h4-7,10,12,15H,8-9H2,1-3H3. The molecule has 0 aromatic heterocycles. The maximum Gasteiger partial charge on any atom is 0.219 e. The Balaban J connectivity index is 1.99. The molecule has 1 saturated heterocycles. The van der Waals surface area contributed by atoms with Gasteiger partial charge in [-0.25, -0.2) is 0 Å². The fraction of sp³-hybridized carbons (Fsp3) is 0.500. The van der Waals surface area contributed by atoms with Crippen molar-refractivity contribution in [3.8, 4) is 0 Å². The Morgan fingerprint density at radius 2 is 2.00 bits per heavy atom. The van der Waals surface area contributed by atoms with E-state index in [0.717, 1.165) is 13.1 Å². The van der Waals surface area contributed by atoms with Crippen molar-refractivity contribution in [3.05, 3.63) is 29.8 Å². The molecule has 1 aliphatic heterocycles. The van der Waals surface area contributed by atoms with Crippen LogP contribution in [-0.4, -0.2) is 29.9 Å². The topological polar surface area (TPSA) is 32.3 Å². The van der Waals surface area contributed by atoms with Gasteiger partial charge >= 0.3 is 0 Å². The van der Waals surface area contributed by atoms with E-state index in [9.17, 15) is 4.79 Å². The number of hydrogen-bond donors (Lipinski definition) is 1. The zero-order chi connectivity index (χ0) is 12.4. The molecule has 0 radical (unpaired) electrons. The van der Waals surface area contributed by atoms with Crippen LogP contribution in [0.1, 0.15) is 32.3 Å². The lowest BCUT2D eigenvalue weighted by atomic mass is 10.00. The van der Waals surface area contributed by atoms with E-state index in [1.807, 2.05) is 4.90 Å². The van der Waals surface area contributed by atoms with E-state index in [1.165, 1.54) is 11.3 Å². The number of nitrogens with zero attached hydrogens (tertiary/aromatic N) is 1. The highest BCUT2D eigenvalue weighted by molar-refractivity contribution is 5.74. The highest BCUT2D eigenvalue weighted by Gasteiger charge is 2.28. The van der Waals surface area contributed by atoms with Crippen LogP contribution in [0.5, 0.6) is 0 Å². The van der Waals surface area contributed by atoms with Crippen LogP contribution in [0, 0.1) is 0 Å². The first-order chi connectivity index (χ1) is 8.08. The fourth-order valence-corrected chi connectivity index (χ4v) is 2.18. The quantitative estimate of drug-likeness (QED) is 0.868. The summed E-state index contributed by atoms with van der Waals surface area (Å²) in [5.74, 6) is 0.683. The van der Waals surface area contributed by atoms with Gasteiger partial charge < -0.3 is 10.2 Å². The Hall–Kier alpha value is -1.51. The predicted molar refractivity (Wildman–Crippen MR) is 70.2 cm³/mol. The lowest BCUT2D eigenvalue weighted by Crippen LogP contribution is -2.56. The van der Waals surface area contributed by atoms with Crippen LogP contribution in [0.15, 0.2) is 24.3 Å². The molecule has 0 unspecified atom stereocenters. The summed E-state index contributed by atoms with van der Waals surface area (Å²) in [6.07, 6.45) is 0. The van der Waals surface area contributed by atoms with Crippen LogP contribution in [0.3, 0.4) is 0 Å². The van der Waals surface area contributed by atoms with Crippen molar-refractivity contribution in [1.29, 1.82) is 0 Å². The Labute approximate surface area is 103 Å². The number of carbonyl (C=O) groups is 1. The molecule has 17 heavy (non-hydrogen) atoms. The van der Waals surface area contributed by atoms with Gasteiger partial charge in [0.1, 0.15) is 0 Å². The SMILES string of the molecule is CC(=O)N1CC(Nc2ccccc2C(C)C)C1. The van der Waals surface area contributed by atoms with E-state index in [2.05, 4.69) is 43.4 Å². The molecule has 1 aromatic carbocycles. The maximum absolute atomic E-state index is 11.1. The number of hydrogen-bond acceptors (Lipinski definition) is 2. The second kappa shape index (κ2) is 4.78. The van der Waals surface area contributed by atoms with Gasteiger partial charge in [0.15, 0.2) is 0 Å². The van der Waals surface area contributed by atoms with Gasteiger partial charge in [0.25, 0.3) is 0 Å². The van der Waals surface area contributed by atoms with Gasteiger partial charge in [-0.3, -0.25) is 4.79 Å². The molecule has 0 spiro atoms. The smallest absolute Gasteiger partial charge is 0.219 e. The molecule has 3 heteroatoms. The summed E-state index contributed by atoms with van der Waals surface area (Å²) < 4.78 is 0. The number of rotatable bonds is 3. The Morgan fingerprint density at radius 3 is 2.59 bits per heavy atom. The molecule has 92 valence electrons. The molecule has 0 saturated carbocycles. The average molecular weight is 232 g/mol. The Kier molecular flexibility index (Phi) is 3.36. The van der Waals surface area contributed by atoms with Crippen molar-refractivity contribution in [2.75, 3.05) is 18.4 Å². The molecular weight excluding hydrogens is 212 g/mol. The Bertz CT molecular complexity index is 408. The van der Waals surface area contributed by atoms with Gasteiger partial charge in [0, 0.05) is 25.7 Å². The zero-order valence-corrected chi connectivity index (χ0v) is 10.7. The molecule has 1 fully saturated rings. The van der Waals surface area contributed by atoms with Gasteiger partial charge in [-0.15, -0.1) is 0 Å². The van der Waals surface area contributed by atoms with Crippen LogP contribution in [0.25, 0.3) is 0 Å². The predicted octanol–water partition coefficient (Wildman–Crippen LogP) is 2.45. The van der Waals surface area contributed by atoms with E-state index < -0.39 is 0 Å². The second-order valence-corrected chi connectivity index (χ2v) is 5.01. The minimum absolute atomic E-state index is 0.167. The van der Waals surface area contributed by atoms with E-state index in [4.69, 9.17) is 0 Å². The zero-order valence-electron chi connectivity index (χ0n) is 10.7. The Morgan fingerprint density at radius 1 is 1.35 bits per heavy atom. The van der Waals surface area contributed by atoms with Gasteiger partial charge in [0.2, 0.25) is 5.91 Å². The summed E-state index contributed by atoms with van der Waals surface area (Å²) in [5.41, 5.74) is 2.55. The van der Waals surface area contributed by atoms with Crippen molar-refractivity contribution in [1.82, 2.24) is 4.90 Å². The van der Waals surface area contributed by atoms with Gasteiger partial charge in [-0.1, -0.05) is 32.0 Å². The number of anilines is 1. The fourth-order valence-electron chi connectivity index (χ4n) is 2.18. The van der Waals surface area contributed by atoms with E-state index >= 15 is 0 Å². The first-order valence-corrected chi connectivity index (χ1v) is 6.19. The highest BCUT2D eigenvalue weighted by Crippen LogP contribution is 2.25. The minimum atomic E-state index is 0.167. The summed E-state index contributed by atoms with van der Waals surface area (Å²) in [6.45, 7) is 7.66. The summed E-state index contributed by atoms with van der Waals surface area (Å²) in [7, 11) is 0. The molecule has 1 aliphatic rings. The second-order valence-electron chi connectivity index (χ2n) is 5.01. The summed E-state index contributed by atoms with van der Waals surface area (Å²) in [5, 5.41) is 3.52. The first kappa shape index (κ1) is 12.0. The number of carbonyl (C=O) groups excluding carboxylic acids is 1. The van der Waals surface area contributed by atoms with Crippen LogP contribution < -0.4 is 5.32 Å². The molecule has 0 atom stereocenters. The molecular formula is C14H20N2O. The van der Waals surface area contributed by atoms with E-state index in [1.54, 1.807) is 6.92 Å². The minimum Gasteiger partial charge on any atom is -0.379 e. The highest BCUT2D eigenvalue weighted by atomic mass is 16.2. The molecule has 2 rings (SSSR count). The molecule has 1 aromatic rings. The van der Waals surface area contributed by atoms with Crippen LogP contribution in [0.4, 0.5) is 5.69 Å². The number of likely N-dealkylation sites (tertiary alicyclic amines) is 1. The van der Waals surface area contributed by atoms with Crippen molar-refractivity contribution in [2.24, 2.45) is 0 Å². The molecule has 1 amide bonds. The van der Waals surface area contributed by atoms with Crippen LogP contribution in [0.2, 0.25) is 0 Å². The van der Waals surface area contributed by atoms with Crippen molar-refractivity contribution >= 4 is 11.6 Å². The first-order valence-electron chi connectivity index (χ1n) is 6.19. The number of benzene rings is 1. The van der Waals surface area contributed by atoms with Gasteiger partial charge in [0.05, 0.1) is 6.04 Å². The third-order valence-corrected chi connectivity index (χ3v) is 3.27. The number of amides is 1. The third-order valence-electron chi connectivity index (χ3n) is 3.27. The normalized spacial score (nSPS) is 15.9. The maximum atomic E-state index is 11.1. The summed E-state index contributed by atoms with van der Waals surface area (Å²) >= 11 is 0.